The molecule has 1 fully saturated rings. The second kappa shape index (κ2) is 8.74. The molecule has 7 heteroatoms. The van der Waals surface area contributed by atoms with E-state index in [1.807, 2.05) is 36.2 Å². The number of aromatic amines is 1. The average Bonchev–Trinajstić information content (AvgIpc) is 3.19. The van der Waals surface area contributed by atoms with E-state index >= 15 is 0 Å². The number of nitrogens with zero attached hydrogens (tertiary/aromatic N) is 2. The molecule has 2 atom stereocenters. The number of amides is 1. The van der Waals surface area contributed by atoms with Gasteiger partial charge < -0.3 is 15.2 Å². The standard InChI is InChI=1S/C17H24N4OS.ClH/c1-12(17-19-14-7-3-4-8-15(14)20-17)23-11-16(22)21-9-5-6-13(21)10-18-2;/h3-4,7-8,12-13,18H,5-6,9-11H2,1-2H3,(H,19,20);1H. The van der Waals surface area contributed by atoms with Crippen LogP contribution in [0.2, 0.25) is 0 Å². The van der Waals surface area contributed by atoms with Crippen LogP contribution in [0.1, 0.15) is 30.8 Å². The van der Waals surface area contributed by atoms with Crippen LogP contribution < -0.4 is 5.32 Å². The maximum atomic E-state index is 12.5. The number of carbonyl (C=O) groups excluding carboxylic acids is 1. The highest BCUT2D eigenvalue weighted by Crippen LogP contribution is 2.28. The van der Waals surface area contributed by atoms with E-state index < -0.39 is 0 Å². The van der Waals surface area contributed by atoms with Crippen molar-refractivity contribution in [2.75, 3.05) is 25.9 Å². The number of imidazole rings is 1. The predicted octanol–water partition coefficient (Wildman–Crippen LogP) is 2.99. The van der Waals surface area contributed by atoms with Crippen LogP contribution in [0.4, 0.5) is 0 Å². The summed E-state index contributed by atoms with van der Waals surface area (Å²) in [5.41, 5.74) is 2.03. The number of aromatic nitrogens is 2. The highest BCUT2D eigenvalue weighted by Gasteiger charge is 2.28. The van der Waals surface area contributed by atoms with E-state index in [0.29, 0.717) is 11.8 Å². The number of rotatable bonds is 6. The Labute approximate surface area is 153 Å². The van der Waals surface area contributed by atoms with Gasteiger partial charge in [0.2, 0.25) is 5.91 Å². The number of hydrogen-bond acceptors (Lipinski definition) is 4. The number of benzene rings is 1. The Bertz CT molecular complexity index is 644. The van der Waals surface area contributed by atoms with Gasteiger partial charge in [0.15, 0.2) is 0 Å². The summed E-state index contributed by atoms with van der Waals surface area (Å²) in [6.07, 6.45) is 2.22. The molecule has 24 heavy (non-hydrogen) atoms. The maximum Gasteiger partial charge on any atom is 0.232 e. The Morgan fingerprint density at radius 1 is 1.50 bits per heavy atom. The highest BCUT2D eigenvalue weighted by atomic mass is 35.5. The quantitative estimate of drug-likeness (QED) is 0.822. The first-order chi connectivity index (χ1) is 11.2. The minimum Gasteiger partial charge on any atom is -0.341 e. The fraction of sp³-hybridized carbons (Fsp3) is 0.529. The van der Waals surface area contributed by atoms with Gasteiger partial charge in [0.25, 0.3) is 0 Å². The maximum absolute atomic E-state index is 12.5. The molecule has 1 aliphatic heterocycles. The van der Waals surface area contributed by atoms with Gasteiger partial charge >= 0.3 is 0 Å². The van der Waals surface area contributed by atoms with E-state index in [1.54, 1.807) is 11.8 Å². The molecule has 1 saturated heterocycles. The molecule has 1 aromatic heterocycles. The second-order valence-electron chi connectivity index (χ2n) is 6.03. The minimum absolute atomic E-state index is 0. The van der Waals surface area contributed by atoms with Crippen LogP contribution in [0.3, 0.4) is 0 Å². The minimum atomic E-state index is 0. The lowest BCUT2D eigenvalue weighted by Gasteiger charge is -2.24. The molecule has 3 rings (SSSR count). The van der Waals surface area contributed by atoms with Crippen molar-refractivity contribution in [3.05, 3.63) is 30.1 Å². The van der Waals surface area contributed by atoms with Crippen molar-refractivity contribution in [2.45, 2.75) is 31.1 Å². The van der Waals surface area contributed by atoms with Crippen LogP contribution in [-0.2, 0) is 4.79 Å². The van der Waals surface area contributed by atoms with Crippen molar-refractivity contribution in [1.82, 2.24) is 20.2 Å². The number of thioether (sulfide) groups is 1. The molecule has 0 saturated carbocycles. The Balaban J connectivity index is 0.00000208. The predicted molar refractivity (Wildman–Crippen MR) is 103 cm³/mol. The van der Waals surface area contributed by atoms with Crippen LogP contribution in [0.15, 0.2) is 24.3 Å². The smallest absolute Gasteiger partial charge is 0.232 e. The fourth-order valence-corrected chi connectivity index (χ4v) is 3.96. The zero-order valence-corrected chi connectivity index (χ0v) is 15.8. The third-order valence-corrected chi connectivity index (χ3v) is 5.52. The fourth-order valence-electron chi connectivity index (χ4n) is 3.14. The summed E-state index contributed by atoms with van der Waals surface area (Å²) in [6.45, 7) is 3.88. The molecular formula is C17H25ClN4OS. The Hall–Kier alpha value is -1.24. The molecule has 132 valence electrons. The molecule has 1 aromatic carbocycles. The first kappa shape index (κ1) is 19.1. The molecule has 1 amide bonds. The highest BCUT2D eigenvalue weighted by molar-refractivity contribution is 8.00. The summed E-state index contributed by atoms with van der Waals surface area (Å²) < 4.78 is 0. The molecule has 2 aromatic rings. The molecule has 0 aliphatic carbocycles. The van der Waals surface area contributed by atoms with Gasteiger partial charge in [-0.3, -0.25) is 4.79 Å². The average molecular weight is 369 g/mol. The van der Waals surface area contributed by atoms with Crippen LogP contribution in [0, 0.1) is 0 Å². The van der Waals surface area contributed by atoms with Crippen molar-refractivity contribution >= 4 is 41.1 Å². The Kier molecular flexibility index (Phi) is 6.95. The monoisotopic (exact) mass is 368 g/mol. The van der Waals surface area contributed by atoms with E-state index in [4.69, 9.17) is 0 Å². The summed E-state index contributed by atoms with van der Waals surface area (Å²) in [7, 11) is 1.94. The number of likely N-dealkylation sites (tertiary alicyclic amines) is 1. The normalized spacial score (nSPS) is 18.6. The van der Waals surface area contributed by atoms with E-state index in [9.17, 15) is 4.79 Å². The van der Waals surface area contributed by atoms with Gasteiger partial charge in [-0.2, -0.15) is 0 Å². The SMILES string of the molecule is CNCC1CCCN1C(=O)CSC(C)c1nc2ccccc2[nH]1.Cl. The van der Waals surface area contributed by atoms with E-state index in [1.165, 1.54) is 0 Å². The van der Waals surface area contributed by atoms with E-state index in [-0.39, 0.29) is 23.6 Å². The topological polar surface area (TPSA) is 61.0 Å². The summed E-state index contributed by atoms with van der Waals surface area (Å²) in [5.74, 6) is 1.70. The molecule has 2 N–H and O–H groups in total. The zero-order chi connectivity index (χ0) is 16.2. The number of H-pyrrole nitrogens is 1. The lowest BCUT2D eigenvalue weighted by molar-refractivity contribution is -0.129. The first-order valence-electron chi connectivity index (χ1n) is 8.19. The van der Waals surface area contributed by atoms with Gasteiger partial charge in [0.05, 0.1) is 22.0 Å². The zero-order valence-electron chi connectivity index (χ0n) is 14.1. The molecule has 0 bridgehead atoms. The van der Waals surface area contributed by atoms with Gasteiger partial charge in [-0.1, -0.05) is 12.1 Å². The number of halogens is 1. The van der Waals surface area contributed by atoms with Crippen LogP contribution >= 0.6 is 24.2 Å². The third-order valence-electron chi connectivity index (χ3n) is 4.39. The van der Waals surface area contributed by atoms with Crippen LogP contribution in [0.5, 0.6) is 0 Å². The van der Waals surface area contributed by atoms with Crippen molar-refractivity contribution in [1.29, 1.82) is 0 Å². The molecule has 5 nitrogen and oxygen atoms in total. The summed E-state index contributed by atoms with van der Waals surface area (Å²) in [6, 6.07) is 8.38. The number of fused-ring (bicyclic) bond motifs is 1. The van der Waals surface area contributed by atoms with Crippen molar-refractivity contribution in [3.63, 3.8) is 0 Å². The number of carbonyl (C=O) groups is 1. The number of hydrogen-bond donors (Lipinski definition) is 2. The summed E-state index contributed by atoms with van der Waals surface area (Å²) >= 11 is 1.65. The van der Waals surface area contributed by atoms with E-state index in [2.05, 4.69) is 22.2 Å². The third kappa shape index (κ3) is 4.23. The first-order valence-corrected chi connectivity index (χ1v) is 9.24. The van der Waals surface area contributed by atoms with Gasteiger partial charge in [-0.25, -0.2) is 4.98 Å². The van der Waals surface area contributed by atoms with Crippen molar-refractivity contribution < 1.29 is 4.79 Å². The van der Waals surface area contributed by atoms with Gasteiger partial charge in [0, 0.05) is 19.1 Å². The van der Waals surface area contributed by atoms with Crippen LogP contribution in [-0.4, -0.2) is 52.7 Å². The van der Waals surface area contributed by atoms with Crippen molar-refractivity contribution in [3.8, 4) is 0 Å². The molecule has 0 spiro atoms. The second-order valence-corrected chi connectivity index (χ2v) is 7.36. The molecule has 1 aliphatic rings. The van der Waals surface area contributed by atoms with Gasteiger partial charge in [-0.05, 0) is 38.9 Å². The van der Waals surface area contributed by atoms with Gasteiger partial charge in [-0.15, -0.1) is 24.2 Å². The van der Waals surface area contributed by atoms with E-state index in [0.717, 1.165) is 42.8 Å². The number of nitrogens with one attached hydrogen (secondary N) is 2. The summed E-state index contributed by atoms with van der Waals surface area (Å²) in [5, 5.41) is 3.36. The number of para-hydroxylation sites is 2. The Morgan fingerprint density at radius 2 is 2.29 bits per heavy atom. The molecular weight excluding hydrogens is 344 g/mol. The van der Waals surface area contributed by atoms with Crippen molar-refractivity contribution in [2.24, 2.45) is 0 Å². The van der Waals surface area contributed by atoms with Gasteiger partial charge in [0.1, 0.15) is 5.82 Å². The number of likely N-dealkylation sites (N-methyl/N-ethyl adjacent to an activating group) is 1. The lowest BCUT2D eigenvalue weighted by atomic mass is 10.2. The summed E-state index contributed by atoms with van der Waals surface area (Å²) in [4.78, 5) is 22.5. The molecule has 2 heterocycles. The van der Waals surface area contributed by atoms with Crippen LogP contribution in [0.25, 0.3) is 11.0 Å². The molecule has 0 radical (unpaired) electrons. The largest absolute Gasteiger partial charge is 0.341 e. The molecule has 2 unspecified atom stereocenters. The Morgan fingerprint density at radius 3 is 3.04 bits per heavy atom. The lowest BCUT2D eigenvalue weighted by Crippen LogP contribution is -2.41.